The van der Waals surface area contributed by atoms with Gasteiger partial charge in [0.25, 0.3) is 0 Å². The Kier molecular flexibility index (Phi) is 1.82. The number of aliphatic carboxylic acids is 1. The van der Waals surface area contributed by atoms with Crippen LogP contribution in [0.15, 0.2) is 0 Å². The van der Waals surface area contributed by atoms with Gasteiger partial charge in [0.1, 0.15) is 5.54 Å². The fourth-order valence-electron chi connectivity index (χ4n) is 2.55. The van der Waals surface area contributed by atoms with Gasteiger partial charge in [-0.05, 0) is 19.3 Å². The first-order chi connectivity index (χ1) is 6.55. The summed E-state index contributed by atoms with van der Waals surface area (Å²) >= 11 is 0. The molecule has 1 aliphatic carbocycles. The van der Waals surface area contributed by atoms with Crippen molar-refractivity contribution in [3.05, 3.63) is 0 Å². The van der Waals surface area contributed by atoms with Crippen LogP contribution in [-0.2, 0) is 14.3 Å². The Hall–Kier alpha value is -1.10. The molecule has 5 heteroatoms. The molecule has 0 radical (unpaired) electrons. The topological polar surface area (TPSA) is 75.6 Å². The van der Waals surface area contributed by atoms with Crippen LogP contribution in [-0.4, -0.2) is 36.2 Å². The lowest BCUT2D eigenvalue weighted by Gasteiger charge is -2.25. The molecule has 14 heavy (non-hydrogen) atoms. The summed E-state index contributed by atoms with van der Waals surface area (Å²) in [7, 11) is 1.33. The van der Waals surface area contributed by atoms with Crippen LogP contribution < -0.4 is 5.32 Å². The summed E-state index contributed by atoms with van der Waals surface area (Å²) in [6, 6.07) is 0. The number of esters is 1. The Morgan fingerprint density at radius 1 is 1.43 bits per heavy atom. The van der Waals surface area contributed by atoms with Crippen molar-refractivity contribution in [3.63, 3.8) is 0 Å². The highest BCUT2D eigenvalue weighted by molar-refractivity contribution is 5.86. The number of hydrogen-bond acceptors (Lipinski definition) is 4. The van der Waals surface area contributed by atoms with Gasteiger partial charge in [-0.1, -0.05) is 0 Å². The number of carboxylic acids is 1. The van der Waals surface area contributed by atoms with Crippen LogP contribution in [0.25, 0.3) is 0 Å². The number of ether oxygens (including phenoxy) is 1. The summed E-state index contributed by atoms with van der Waals surface area (Å²) in [5, 5.41) is 12.1. The number of nitrogens with one attached hydrogen (secondary N) is 1. The van der Waals surface area contributed by atoms with Gasteiger partial charge in [0.15, 0.2) is 0 Å². The molecule has 2 unspecified atom stereocenters. The summed E-state index contributed by atoms with van der Waals surface area (Å²) in [6.07, 6.45) is 1.48. The molecule has 2 fully saturated rings. The van der Waals surface area contributed by atoms with Gasteiger partial charge in [-0.3, -0.25) is 9.59 Å². The minimum Gasteiger partial charge on any atom is -0.481 e. The molecule has 0 amide bonds. The number of rotatable bonds is 2. The first-order valence-electron chi connectivity index (χ1n) is 4.62. The zero-order chi connectivity index (χ0) is 10.4. The molecular formula is C9H13NO4. The van der Waals surface area contributed by atoms with Crippen molar-refractivity contribution in [2.24, 2.45) is 5.41 Å². The van der Waals surface area contributed by atoms with Gasteiger partial charge in [-0.2, -0.15) is 0 Å². The Bertz CT molecular complexity index is 291. The molecule has 0 spiro atoms. The summed E-state index contributed by atoms with van der Waals surface area (Å²) in [6.45, 7) is 0.372. The fraction of sp³-hybridized carbons (Fsp3) is 0.778. The lowest BCUT2D eigenvalue weighted by atomic mass is 9.88. The van der Waals surface area contributed by atoms with E-state index in [0.29, 0.717) is 25.8 Å². The number of carbonyl (C=O) groups excluding carboxylic acids is 1. The molecule has 2 bridgehead atoms. The molecule has 0 aromatic heterocycles. The Morgan fingerprint density at radius 3 is 2.50 bits per heavy atom. The second kappa shape index (κ2) is 2.70. The molecule has 1 aliphatic heterocycles. The Labute approximate surface area is 81.4 Å². The zero-order valence-corrected chi connectivity index (χ0v) is 8.00. The predicted octanol–water partition coefficient (Wildman–Crippen LogP) is -0.244. The third kappa shape index (κ3) is 0.987. The SMILES string of the molecule is COC(=O)C12CCC(C(=O)O)(CN1)C2. The van der Waals surface area contributed by atoms with Gasteiger partial charge >= 0.3 is 11.9 Å². The minimum atomic E-state index is -0.812. The summed E-state index contributed by atoms with van der Waals surface area (Å²) in [5.41, 5.74) is -1.47. The van der Waals surface area contributed by atoms with Crippen LogP contribution >= 0.6 is 0 Å². The van der Waals surface area contributed by atoms with E-state index in [1.807, 2.05) is 0 Å². The maximum Gasteiger partial charge on any atom is 0.326 e. The van der Waals surface area contributed by atoms with E-state index in [1.165, 1.54) is 7.11 Å². The van der Waals surface area contributed by atoms with Crippen molar-refractivity contribution in [3.8, 4) is 0 Å². The van der Waals surface area contributed by atoms with Gasteiger partial charge in [0, 0.05) is 6.54 Å². The van der Waals surface area contributed by atoms with Crippen molar-refractivity contribution in [2.45, 2.75) is 24.8 Å². The quantitative estimate of drug-likeness (QED) is 0.600. The molecule has 2 atom stereocenters. The standard InChI is InChI=1S/C9H13NO4/c1-14-7(13)9-3-2-8(4-9,5-10-9)6(11)12/h10H,2-5H2,1H3,(H,11,12). The number of fused-ring (bicyclic) bond motifs is 2. The van der Waals surface area contributed by atoms with E-state index in [9.17, 15) is 9.59 Å². The van der Waals surface area contributed by atoms with Crippen LogP contribution in [0.2, 0.25) is 0 Å². The number of carbonyl (C=O) groups is 2. The first-order valence-corrected chi connectivity index (χ1v) is 4.62. The van der Waals surface area contributed by atoms with E-state index < -0.39 is 16.9 Å². The third-order valence-electron chi connectivity index (χ3n) is 3.47. The third-order valence-corrected chi connectivity index (χ3v) is 3.47. The molecule has 2 rings (SSSR count). The maximum atomic E-state index is 11.5. The summed E-state index contributed by atoms with van der Waals surface area (Å²) in [5.74, 6) is -1.15. The van der Waals surface area contributed by atoms with Gasteiger partial charge < -0.3 is 15.2 Å². The molecule has 78 valence electrons. The van der Waals surface area contributed by atoms with Crippen molar-refractivity contribution in [1.29, 1.82) is 0 Å². The molecule has 2 aliphatic rings. The van der Waals surface area contributed by atoms with Gasteiger partial charge in [0.2, 0.25) is 0 Å². The summed E-state index contributed by atoms with van der Waals surface area (Å²) < 4.78 is 4.69. The molecule has 1 saturated heterocycles. The van der Waals surface area contributed by atoms with Crippen LogP contribution in [0.4, 0.5) is 0 Å². The normalized spacial score (nSPS) is 39.8. The molecular weight excluding hydrogens is 186 g/mol. The van der Waals surface area contributed by atoms with Gasteiger partial charge in [-0.25, -0.2) is 0 Å². The molecule has 5 nitrogen and oxygen atoms in total. The monoisotopic (exact) mass is 199 g/mol. The van der Waals surface area contributed by atoms with Crippen molar-refractivity contribution in [2.75, 3.05) is 13.7 Å². The average molecular weight is 199 g/mol. The highest BCUT2D eigenvalue weighted by Crippen LogP contribution is 2.49. The maximum absolute atomic E-state index is 11.5. The highest BCUT2D eigenvalue weighted by atomic mass is 16.5. The Morgan fingerprint density at radius 2 is 2.14 bits per heavy atom. The van der Waals surface area contributed by atoms with Crippen LogP contribution in [0.5, 0.6) is 0 Å². The largest absolute Gasteiger partial charge is 0.481 e. The van der Waals surface area contributed by atoms with Crippen molar-refractivity contribution >= 4 is 11.9 Å². The molecule has 1 saturated carbocycles. The number of piperidine rings is 1. The van der Waals surface area contributed by atoms with Crippen molar-refractivity contribution in [1.82, 2.24) is 5.32 Å². The van der Waals surface area contributed by atoms with E-state index in [-0.39, 0.29) is 5.97 Å². The van der Waals surface area contributed by atoms with Crippen molar-refractivity contribution < 1.29 is 19.4 Å². The Balaban J connectivity index is 2.24. The smallest absolute Gasteiger partial charge is 0.326 e. The second-order valence-electron chi connectivity index (χ2n) is 4.19. The van der Waals surface area contributed by atoms with Crippen LogP contribution in [0.1, 0.15) is 19.3 Å². The van der Waals surface area contributed by atoms with E-state index in [0.717, 1.165) is 0 Å². The van der Waals surface area contributed by atoms with E-state index in [4.69, 9.17) is 5.11 Å². The number of methoxy groups -OCH3 is 1. The molecule has 0 aromatic carbocycles. The number of hydrogen-bond donors (Lipinski definition) is 2. The zero-order valence-electron chi connectivity index (χ0n) is 8.00. The summed E-state index contributed by atoms with van der Waals surface area (Å²) in [4.78, 5) is 22.5. The molecule has 2 N–H and O–H groups in total. The number of carboxylic acid groups (broad SMARTS) is 1. The lowest BCUT2D eigenvalue weighted by Crippen LogP contribution is -2.48. The van der Waals surface area contributed by atoms with Crippen LogP contribution in [0.3, 0.4) is 0 Å². The minimum absolute atomic E-state index is 0.335. The van der Waals surface area contributed by atoms with E-state index in [2.05, 4.69) is 10.1 Å². The predicted molar refractivity (Wildman–Crippen MR) is 46.7 cm³/mol. The first kappa shape index (κ1) is 9.45. The average Bonchev–Trinajstić information content (AvgIpc) is 2.74. The van der Waals surface area contributed by atoms with Gasteiger partial charge in [0.05, 0.1) is 12.5 Å². The van der Waals surface area contributed by atoms with Crippen LogP contribution in [0, 0.1) is 5.41 Å². The molecule has 1 heterocycles. The lowest BCUT2D eigenvalue weighted by molar-refractivity contribution is -0.147. The van der Waals surface area contributed by atoms with Gasteiger partial charge in [-0.15, -0.1) is 0 Å². The highest BCUT2D eigenvalue weighted by Gasteiger charge is 2.62. The van der Waals surface area contributed by atoms with E-state index in [1.54, 1.807) is 0 Å². The van der Waals surface area contributed by atoms with E-state index >= 15 is 0 Å². The second-order valence-corrected chi connectivity index (χ2v) is 4.19. The molecule has 0 aromatic rings. The fourth-order valence-corrected chi connectivity index (χ4v) is 2.55.